The van der Waals surface area contributed by atoms with E-state index in [1.54, 1.807) is 13.0 Å². The fourth-order valence-electron chi connectivity index (χ4n) is 3.56. The van der Waals surface area contributed by atoms with E-state index in [-0.39, 0.29) is 5.82 Å². The third kappa shape index (κ3) is 3.33. The summed E-state index contributed by atoms with van der Waals surface area (Å²) in [7, 11) is -3.65. The number of halogens is 1. The molecule has 136 valence electrons. The van der Waals surface area contributed by atoms with E-state index in [2.05, 4.69) is 4.98 Å². The second-order valence-electron chi connectivity index (χ2n) is 6.53. The van der Waals surface area contributed by atoms with Crippen LogP contribution in [0.1, 0.15) is 30.7 Å². The molecule has 2 heterocycles. The Morgan fingerprint density at radius 2 is 2.12 bits per heavy atom. The minimum absolute atomic E-state index is 0.298. The number of aromatic nitrogens is 2. The Balaban J connectivity index is 1.88. The van der Waals surface area contributed by atoms with Crippen LogP contribution in [-0.4, -0.2) is 41.3 Å². The van der Waals surface area contributed by atoms with Gasteiger partial charge in [0.25, 0.3) is 0 Å². The lowest BCUT2D eigenvalue weighted by atomic mass is 9.74. The summed E-state index contributed by atoms with van der Waals surface area (Å²) in [6.07, 6.45) is 4.88. The molecule has 1 aliphatic heterocycles. The second-order valence-corrected chi connectivity index (χ2v) is 8.33. The topological polar surface area (TPSA) is 81.2 Å². The molecule has 2 aromatic rings. The van der Waals surface area contributed by atoms with Crippen LogP contribution in [0, 0.1) is 12.7 Å². The molecule has 1 aromatic heterocycles. The van der Waals surface area contributed by atoms with E-state index in [0.29, 0.717) is 38.3 Å². The smallest absolute Gasteiger partial charge is 0.308 e. The summed E-state index contributed by atoms with van der Waals surface area (Å²) in [5, 5.41) is 0. The van der Waals surface area contributed by atoms with Crippen LogP contribution >= 0.6 is 0 Å². The van der Waals surface area contributed by atoms with Gasteiger partial charge in [0.15, 0.2) is 0 Å². The Labute approximate surface area is 147 Å². The molecule has 0 aliphatic carbocycles. The predicted molar refractivity (Wildman–Crippen MR) is 93.8 cm³/mol. The molecule has 0 saturated carbocycles. The monoisotopic (exact) mass is 366 g/mol. The maximum atomic E-state index is 13.7. The Morgan fingerprint density at radius 3 is 2.76 bits per heavy atom. The molecular formula is C17H23FN4O2S. The van der Waals surface area contributed by atoms with Gasteiger partial charge in [0.1, 0.15) is 11.6 Å². The molecule has 0 spiro atoms. The van der Waals surface area contributed by atoms with Crippen molar-refractivity contribution in [3.8, 4) is 0 Å². The molecule has 1 fully saturated rings. The first-order chi connectivity index (χ1) is 11.9. The van der Waals surface area contributed by atoms with Crippen molar-refractivity contribution >= 4 is 10.2 Å². The van der Waals surface area contributed by atoms with Gasteiger partial charge < -0.3 is 5.73 Å². The van der Waals surface area contributed by atoms with Gasteiger partial charge in [-0.1, -0.05) is 12.1 Å². The average molecular weight is 366 g/mol. The van der Waals surface area contributed by atoms with E-state index in [0.717, 1.165) is 12.0 Å². The lowest BCUT2D eigenvalue weighted by Gasteiger charge is -2.32. The van der Waals surface area contributed by atoms with Gasteiger partial charge >= 0.3 is 10.2 Å². The van der Waals surface area contributed by atoms with Gasteiger partial charge in [-0.3, -0.25) is 0 Å². The number of hydrogen-bond acceptors (Lipinski definition) is 4. The zero-order valence-corrected chi connectivity index (χ0v) is 15.0. The molecule has 3 rings (SSSR count). The van der Waals surface area contributed by atoms with Gasteiger partial charge in [-0.15, -0.1) is 0 Å². The molecule has 0 amide bonds. The largest absolute Gasteiger partial charge is 0.330 e. The number of nitrogens with zero attached hydrogens (tertiary/aromatic N) is 3. The molecule has 1 unspecified atom stereocenters. The summed E-state index contributed by atoms with van der Waals surface area (Å²) in [6, 6.07) is 6.47. The molecule has 25 heavy (non-hydrogen) atoms. The van der Waals surface area contributed by atoms with Crippen LogP contribution in [0.4, 0.5) is 4.39 Å². The number of benzene rings is 1. The van der Waals surface area contributed by atoms with Crippen LogP contribution in [0.25, 0.3) is 0 Å². The average Bonchev–Trinajstić information content (AvgIpc) is 2.90. The first kappa shape index (κ1) is 18.0. The molecular weight excluding hydrogens is 343 g/mol. The molecule has 1 aromatic carbocycles. The Morgan fingerprint density at radius 1 is 1.32 bits per heavy atom. The van der Waals surface area contributed by atoms with Crippen LogP contribution < -0.4 is 5.73 Å². The normalized spacial score (nSPS) is 22.7. The minimum atomic E-state index is -3.65. The van der Waals surface area contributed by atoms with E-state index >= 15 is 0 Å². The number of imidazole rings is 1. The highest BCUT2D eigenvalue weighted by atomic mass is 32.2. The zero-order chi connectivity index (χ0) is 18.1. The maximum Gasteiger partial charge on any atom is 0.308 e. The van der Waals surface area contributed by atoms with Crippen molar-refractivity contribution in [1.29, 1.82) is 0 Å². The van der Waals surface area contributed by atoms with E-state index < -0.39 is 15.6 Å². The van der Waals surface area contributed by atoms with Crippen molar-refractivity contribution in [2.75, 3.05) is 19.6 Å². The Bertz CT molecular complexity index is 852. The summed E-state index contributed by atoms with van der Waals surface area (Å²) in [4.78, 5) is 4.00. The first-order valence-corrected chi connectivity index (χ1v) is 9.75. The molecule has 1 atom stereocenters. The van der Waals surface area contributed by atoms with E-state index in [1.807, 2.05) is 6.07 Å². The number of nitrogens with two attached hydrogens (primary N) is 1. The van der Waals surface area contributed by atoms with Gasteiger partial charge in [0.05, 0.1) is 0 Å². The summed E-state index contributed by atoms with van der Waals surface area (Å²) >= 11 is 0. The van der Waals surface area contributed by atoms with Crippen molar-refractivity contribution in [2.45, 2.75) is 31.6 Å². The van der Waals surface area contributed by atoms with Gasteiger partial charge in [-0.05, 0) is 43.9 Å². The van der Waals surface area contributed by atoms with Crippen LogP contribution in [0.15, 0.2) is 36.7 Å². The summed E-state index contributed by atoms with van der Waals surface area (Å²) in [6.45, 7) is 2.77. The van der Waals surface area contributed by atoms with Crippen LogP contribution in [0.3, 0.4) is 0 Å². The molecule has 2 N–H and O–H groups in total. The first-order valence-electron chi connectivity index (χ1n) is 8.36. The number of hydrogen-bond donors (Lipinski definition) is 1. The van der Waals surface area contributed by atoms with Crippen molar-refractivity contribution in [3.05, 3.63) is 53.9 Å². The highest BCUT2D eigenvalue weighted by molar-refractivity contribution is 7.87. The molecule has 0 bridgehead atoms. The summed E-state index contributed by atoms with van der Waals surface area (Å²) < 4.78 is 42.1. The van der Waals surface area contributed by atoms with E-state index in [1.165, 1.54) is 32.8 Å². The van der Waals surface area contributed by atoms with Gasteiger partial charge in [0, 0.05) is 37.4 Å². The fraction of sp³-hybridized carbons (Fsp3) is 0.471. The third-order valence-electron chi connectivity index (χ3n) is 5.09. The lowest BCUT2D eigenvalue weighted by molar-refractivity contribution is 0.369. The van der Waals surface area contributed by atoms with Crippen molar-refractivity contribution in [3.63, 3.8) is 0 Å². The molecule has 8 heteroatoms. The second kappa shape index (κ2) is 6.86. The minimum Gasteiger partial charge on any atom is -0.330 e. The van der Waals surface area contributed by atoms with Crippen molar-refractivity contribution in [2.24, 2.45) is 5.73 Å². The quantitative estimate of drug-likeness (QED) is 0.895. The van der Waals surface area contributed by atoms with Crippen molar-refractivity contribution < 1.29 is 12.8 Å². The lowest BCUT2D eigenvalue weighted by Crippen LogP contribution is -2.39. The standard InChI is InChI=1S/C17H23FN4O2S/c1-14-20-8-11-22(14)25(23,24)21-9-3-6-17(13-19,7-10-21)15-4-2-5-16(18)12-15/h2,4-5,8,11-12H,3,6-7,9-10,13,19H2,1H3. The van der Waals surface area contributed by atoms with Crippen molar-refractivity contribution in [1.82, 2.24) is 13.3 Å². The van der Waals surface area contributed by atoms with E-state index in [4.69, 9.17) is 5.73 Å². The summed E-state index contributed by atoms with van der Waals surface area (Å²) in [5.41, 5.74) is 6.49. The summed E-state index contributed by atoms with van der Waals surface area (Å²) in [5.74, 6) is 0.132. The fourth-order valence-corrected chi connectivity index (χ4v) is 5.08. The zero-order valence-electron chi connectivity index (χ0n) is 14.2. The van der Waals surface area contributed by atoms with Crippen LogP contribution in [0.5, 0.6) is 0 Å². The number of rotatable bonds is 4. The Kier molecular flexibility index (Phi) is 4.95. The number of aryl methyl sites for hydroxylation is 1. The highest BCUT2D eigenvalue weighted by Crippen LogP contribution is 2.35. The van der Waals surface area contributed by atoms with Gasteiger partial charge in [-0.2, -0.15) is 12.7 Å². The SMILES string of the molecule is Cc1nccn1S(=O)(=O)N1CCCC(CN)(c2cccc(F)c2)CC1. The highest BCUT2D eigenvalue weighted by Gasteiger charge is 2.37. The molecule has 6 nitrogen and oxygen atoms in total. The van der Waals surface area contributed by atoms with E-state index in [9.17, 15) is 12.8 Å². The van der Waals surface area contributed by atoms with Gasteiger partial charge in [-0.25, -0.2) is 13.3 Å². The predicted octanol–water partition coefficient (Wildman–Crippen LogP) is 1.81. The molecule has 1 aliphatic rings. The van der Waals surface area contributed by atoms with Crippen LogP contribution in [-0.2, 0) is 15.6 Å². The third-order valence-corrected chi connectivity index (χ3v) is 6.99. The Hall–Kier alpha value is -1.77. The maximum absolute atomic E-state index is 13.7. The van der Waals surface area contributed by atoms with Gasteiger partial charge in [0.2, 0.25) is 0 Å². The van der Waals surface area contributed by atoms with Crippen LogP contribution in [0.2, 0.25) is 0 Å². The molecule has 0 radical (unpaired) electrons. The molecule has 1 saturated heterocycles.